The number of hydrogen-bond acceptors (Lipinski definition) is 9. The Morgan fingerprint density at radius 3 is 2.92 bits per heavy atom. The number of imidazole rings is 1. The number of nitrogens with one attached hydrogen (secondary N) is 1. The zero-order valence-electron chi connectivity index (χ0n) is 14.6. The van der Waals surface area contributed by atoms with Crippen molar-refractivity contribution >= 4 is 17.7 Å². The molecule has 4 N–H and O–H groups in total. The fourth-order valence-corrected chi connectivity index (χ4v) is 2.24. The van der Waals surface area contributed by atoms with Gasteiger partial charge in [0.05, 0.1) is 12.9 Å². The lowest BCUT2D eigenvalue weighted by atomic mass is 10.1. The van der Waals surface area contributed by atoms with Crippen molar-refractivity contribution in [1.82, 2.24) is 9.55 Å². The Balaban J connectivity index is 1.90. The van der Waals surface area contributed by atoms with E-state index in [0.29, 0.717) is 17.9 Å². The normalized spacial score (nSPS) is 17.6. The molecule has 2 heterocycles. The highest BCUT2D eigenvalue weighted by Crippen LogP contribution is 2.28. The fraction of sp³-hybridized carbons (Fsp3) is 0.667. The Hall–Kier alpha value is -2.17. The number of aliphatic hydroxyl groups excluding tert-OH is 1. The van der Waals surface area contributed by atoms with Crippen LogP contribution in [0.4, 0.5) is 5.82 Å². The van der Waals surface area contributed by atoms with Gasteiger partial charge in [-0.25, -0.2) is 9.98 Å². The van der Waals surface area contributed by atoms with Gasteiger partial charge >= 0.3 is 5.97 Å². The standard InChI is InChI=1S/C15H25N5O5/c1-9(2)4-11(22)24-6-10(5-21)25-8-20-7-17-12-13(20)18-15(16)19-14(12)23-3/h7,9-10,14,21H,4-6,8H2,1-3H3,(H3,16,18,19). The molecule has 1 aromatic heterocycles. The largest absolute Gasteiger partial charge is 0.463 e. The van der Waals surface area contributed by atoms with Gasteiger partial charge in [0.2, 0.25) is 0 Å². The van der Waals surface area contributed by atoms with Gasteiger partial charge in [-0.1, -0.05) is 13.8 Å². The summed E-state index contributed by atoms with van der Waals surface area (Å²) < 4.78 is 17.6. The van der Waals surface area contributed by atoms with Crippen molar-refractivity contribution in [3.8, 4) is 0 Å². The Labute approximate surface area is 146 Å². The Morgan fingerprint density at radius 1 is 1.52 bits per heavy atom. The van der Waals surface area contributed by atoms with Crippen molar-refractivity contribution < 1.29 is 24.1 Å². The molecule has 1 aliphatic heterocycles. The van der Waals surface area contributed by atoms with Crippen LogP contribution in [-0.2, 0) is 25.7 Å². The third kappa shape index (κ3) is 5.15. The monoisotopic (exact) mass is 355 g/mol. The van der Waals surface area contributed by atoms with Gasteiger partial charge in [-0.3, -0.25) is 9.36 Å². The van der Waals surface area contributed by atoms with Gasteiger partial charge in [0.15, 0.2) is 12.2 Å². The van der Waals surface area contributed by atoms with Crippen LogP contribution >= 0.6 is 0 Å². The molecule has 10 nitrogen and oxygen atoms in total. The first-order chi connectivity index (χ1) is 11.9. The Kier molecular flexibility index (Phi) is 6.73. The molecular formula is C15H25N5O5. The first-order valence-electron chi connectivity index (χ1n) is 8.00. The summed E-state index contributed by atoms with van der Waals surface area (Å²) in [5, 5.41) is 12.3. The maximum absolute atomic E-state index is 11.6. The summed E-state index contributed by atoms with van der Waals surface area (Å²) in [5.41, 5.74) is 6.31. The number of ether oxygens (including phenoxy) is 3. The lowest BCUT2D eigenvalue weighted by Crippen LogP contribution is -2.31. The van der Waals surface area contributed by atoms with Crippen molar-refractivity contribution in [2.45, 2.75) is 39.3 Å². The third-order valence-electron chi connectivity index (χ3n) is 3.48. The molecule has 2 unspecified atom stereocenters. The lowest BCUT2D eigenvalue weighted by molar-refractivity contribution is -0.151. The van der Waals surface area contributed by atoms with Crippen LogP contribution in [0.1, 0.15) is 32.2 Å². The number of carbonyl (C=O) groups excluding carboxylic acids is 1. The predicted octanol–water partition coefficient (Wildman–Crippen LogP) is 0.193. The second-order valence-electron chi connectivity index (χ2n) is 6.06. The number of esters is 1. The average Bonchev–Trinajstić information content (AvgIpc) is 2.96. The summed E-state index contributed by atoms with van der Waals surface area (Å²) in [6.45, 7) is 3.66. The number of nitrogens with zero attached hydrogens (tertiary/aromatic N) is 3. The predicted molar refractivity (Wildman–Crippen MR) is 89.6 cm³/mol. The van der Waals surface area contributed by atoms with Crippen molar-refractivity contribution in [3.63, 3.8) is 0 Å². The number of fused-ring (bicyclic) bond motifs is 1. The summed E-state index contributed by atoms with van der Waals surface area (Å²) in [4.78, 5) is 19.9. The maximum atomic E-state index is 11.6. The molecule has 0 radical (unpaired) electrons. The molecule has 0 bridgehead atoms. The lowest BCUT2D eigenvalue weighted by Gasteiger charge is -2.21. The van der Waals surface area contributed by atoms with Gasteiger partial charge in [0.1, 0.15) is 31.0 Å². The SMILES string of the molecule is COC1N=C(N)Nc2c1ncn2COC(CO)COC(=O)CC(C)C. The van der Waals surface area contributed by atoms with Crippen LogP contribution in [0.5, 0.6) is 0 Å². The van der Waals surface area contributed by atoms with Crippen LogP contribution in [0, 0.1) is 5.92 Å². The van der Waals surface area contributed by atoms with Crippen LogP contribution in [0.3, 0.4) is 0 Å². The van der Waals surface area contributed by atoms with E-state index < -0.39 is 12.3 Å². The maximum Gasteiger partial charge on any atom is 0.306 e. The van der Waals surface area contributed by atoms with E-state index in [1.54, 1.807) is 10.9 Å². The average molecular weight is 355 g/mol. The summed E-state index contributed by atoms with van der Waals surface area (Å²) in [6.07, 6.45) is 0.663. The second-order valence-corrected chi connectivity index (χ2v) is 6.06. The fourth-order valence-electron chi connectivity index (χ4n) is 2.24. The smallest absolute Gasteiger partial charge is 0.306 e. The van der Waals surface area contributed by atoms with E-state index in [9.17, 15) is 9.90 Å². The minimum absolute atomic E-state index is 0.0172. The van der Waals surface area contributed by atoms with Gasteiger partial charge in [0.25, 0.3) is 0 Å². The zero-order valence-corrected chi connectivity index (χ0v) is 14.6. The molecular weight excluding hydrogens is 330 g/mol. The number of aromatic nitrogens is 2. The molecule has 0 fully saturated rings. The van der Waals surface area contributed by atoms with Crippen LogP contribution in [0.25, 0.3) is 0 Å². The van der Waals surface area contributed by atoms with Gasteiger partial charge in [0, 0.05) is 13.5 Å². The van der Waals surface area contributed by atoms with Crippen LogP contribution in [0.2, 0.25) is 0 Å². The van der Waals surface area contributed by atoms with E-state index in [1.165, 1.54) is 7.11 Å². The quantitative estimate of drug-likeness (QED) is 0.535. The number of nitrogens with two attached hydrogens (primary N) is 1. The molecule has 0 amide bonds. The molecule has 1 aliphatic rings. The third-order valence-corrected chi connectivity index (χ3v) is 3.48. The highest BCUT2D eigenvalue weighted by atomic mass is 16.6. The van der Waals surface area contributed by atoms with Gasteiger partial charge in [-0.15, -0.1) is 0 Å². The summed E-state index contributed by atoms with van der Waals surface area (Å²) >= 11 is 0. The van der Waals surface area contributed by atoms with Crippen molar-refractivity contribution in [2.75, 3.05) is 25.6 Å². The number of carbonyl (C=O) groups is 1. The van der Waals surface area contributed by atoms with Crippen molar-refractivity contribution in [3.05, 3.63) is 12.0 Å². The van der Waals surface area contributed by atoms with Gasteiger partial charge in [-0.2, -0.15) is 0 Å². The zero-order chi connectivity index (χ0) is 18.4. The van der Waals surface area contributed by atoms with E-state index >= 15 is 0 Å². The molecule has 0 aliphatic carbocycles. The Morgan fingerprint density at radius 2 is 2.28 bits per heavy atom. The Bertz CT molecular complexity index is 615. The first kappa shape index (κ1) is 19.2. The number of anilines is 1. The molecule has 140 valence electrons. The second kappa shape index (κ2) is 8.79. The van der Waals surface area contributed by atoms with Crippen LogP contribution in [0.15, 0.2) is 11.3 Å². The highest BCUT2D eigenvalue weighted by molar-refractivity contribution is 5.93. The number of guanidine groups is 1. The molecule has 0 saturated carbocycles. The van der Waals surface area contributed by atoms with Gasteiger partial charge < -0.3 is 30.4 Å². The summed E-state index contributed by atoms with van der Waals surface area (Å²) in [5.74, 6) is 0.714. The van der Waals surface area contributed by atoms with E-state index in [4.69, 9.17) is 19.9 Å². The van der Waals surface area contributed by atoms with Crippen LogP contribution in [-0.4, -0.2) is 53.0 Å². The number of methoxy groups -OCH3 is 1. The van der Waals surface area contributed by atoms with Crippen molar-refractivity contribution in [2.24, 2.45) is 16.6 Å². The van der Waals surface area contributed by atoms with E-state index in [-0.39, 0.29) is 37.8 Å². The molecule has 10 heteroatoms. The van der Waals surface area contributed by atoms with E-state index in [1.807, 2.05) is 13.8 Å². The van der Waals surface area contributed by atoms with Gasteiger partial charge in [-0.05, 0) is 5.92 Å². The van der Waals surface area contributed by atoms with Crippen molar-refractivity contribution in [1.29, 1.82) is 0 Å². The number of rotatable bonds is 9. The summed E-state index contributed by atoms with van der Waals surface area (Å²) in [6, 6.07) is 0. The highest BCUT2D eigenvalue weighted by Gasteiger charge is 2.25. The minimum atomic E-state index is -0.637. The number of hydrogen-bond donors (Lipinski definition) is 3. The molecule has 0 aromatic carbocycles. The van der Waals surface area contributed by atoms with E-state index in [2.05, 4.69) is 15.3 Å². The number of aliphatic hydroxyl groups is 1. The molecule has 2 atom stereocenters. The first-order valence-corrected chi connectivity index (χ1v) is 8.00. The molecule has 1 aromatic rings. The number of aliphatic imine (C=N–C) groups is 1. The molecule has 25 heavy (non-hydrogen) atoms. The minimum Gasteiger partial charge on any atom is -0.463 e. The topological polar surface area (TPSA) is 133 Å². The summed E-state index contributed by atoms with van der Waals surface area (Å²) in [7, 11) is 1.51. The molecule has 0 saturated heterocycles. The molecule has 2 rings (SSSR count). The van der Waals surface area contributed by atoms with Crippen LogP contribution < -0.4 is 11.1 Å². The van der Waals surface area contributed by atoms with E-state index in [0.717, 1.165) is 0 Å². The molecule has 0 spiro atoms.